The summed E-state index contributed by atoms with van der Waals surface area (Å²) in [5, 5.41) is 6.89. The Morgan fingerprint density at radius 2 is 1.94 bits per heavy atom. The van der Waals surface area contributed by atoms with Crippen molar-refractivity contribution in [2.24, 2.45) is 0 Å². The maximum absolute atomic E-state index is 3.57. The molecular weight excluding hydrogens is 306 g/mol. The van der Waals surface area contributed by atoms with Gasteiger partial charge in [0.05, 0.1) is 0 Å². The molecule has 0 saturated heterocycles. The van der Waals surface area contributed by atoms with Gasteiger partial charge in [0.15, 0.2) is 0 Å². The summed E-state index contributed by atoms with van der Waals surface area (Å²) >= 11 is 5.34. The van der Waals surface area contributed by atoms with E-state index < -0.39 is 0 Å². The Hall–Kier alpha value is -1.32. The summed E-state index contributed by atoms with van der Waals surface area (Å²) < 4.78 is 2.48. The topological polar surface area (TPSA) is 12.0 Å². The average molecular weight is 318 g/mol. The molecular formula is C15H12BrNS. The van der Waals surface area contributed by atoms with Crippen LogP contribution in [0.4, 0.5) is 5.69 Å². The number of thiophene rings is 1. The van der Waals surface area contributed by atoms with E-state index in [0.717, 1.165) is 16.7 Å². The predicted molar refractivity (Wildman–Crippen MR) is 83.3 cm³/mol. The molecule has 0 bridgehead atoms. The van der Waals surface area contributed by atoms with Crippen LogP contribution in [0.25, 0.3) is 10.1 Å². The lowest BCUT2D eigenvalue weighted by Crippen LogP contribution is -1.99. The average Bonchev–Trinajstić information content (AvgIpc) is 2.85. The number of benzene rings is 2. The molecule has 0 spiro atoms. The van der Waals surface area contributed by atoms with Gasteiger partial charge in [0.25, 0.3) is 0 Å². The minimum Gasteiger partial charge on any atom is -0.381 e. The number of hydrogen-bond donors (Lipinski definition) is 1. The van der Waals surface area contributed by atoms with Crippen molar-refractivity contribution < 1.29 is 0 Å². The molecule has 0 amide bonds. The van der Waals surface area contributed by atoms with Crippen LogP contribution < -0.4 is 5.32 Å². The largest absolute Gasteiger partial charge is 0.381 e. The second-order valence-corrected chi connectivity index (χ2v) is 5.92. The fraction of sp³-hybridized carbons (Fsp3) is 0.0667. The van der Waals surface area contributed by atoms with Crippen molar-refractivity contribution in [3.8, 4) is 0 Å². The minimum absolute atomic E-state index is 0.830. The zero-order valence-corrected chi connectivity index (χ0v) is 12.1. The molecule has 90 valence electrons. The lowest BCUT2D eigenvalue weighted by Gasteiger charge is -2.08. The van der Waals surface area contributed by atoms with E-state index >= 15 is 0 Å². The van der Waals surface area contributed by atoms with Crippen LogP contribution in [0.5, 0.6) is 0 Å². The predicted octanol–water partition coefficient (Wildman–Crippen LogP) is 5.28. The highest BCUT2D eigenvalue weighted by atomic mass is 79.9. The summed E-state index contributed by atoms with van der Waals surface area (Å²) in [6.45, 7) is 0.830. The van der Waals surface area contributed by atoms with Crippen LogP contribution in [0.15, 0.2) is 58.4 Å². The Labute approximate surface area is 119 Å². The SMILES string of the molecule is Brc1ccccc1CNc1ccc2sccc2c1. The molecule has 1 nitrogen and oxygen atoms in total. The third-order valence-corrected chi connectivity index (χ3v) is 4.56. The molecule has 3 heteroatoms. The van der Waals surface area contributed by atoms with E-state index in [4.69, 9.17) is 0 Å². The maximum Gasteiger partial charge on any atom is 0.0411 e. The summed E-state index contributed by atoms with van der Waals surface area (Å²) in [4.78, 5) is 0. The summed E-state index contributed by atoms with van der Waals surface area (Å²) in [6.07, 6.45) is 0. The van der Waals surface area contributed by atoms with Crippen molar-refractivity contribution in [1.82, 2.24) is 0 Å². The van der Waals surface area contributed by atoms with Crippen LogP contribution in [0.3, 0.4) is 0 Å². The summed E-state index contributed by atoms with van der Waals surface area (Å²) in [5.41, 5.74) is 2.43. The molecule has 0 unspecified atom stereocenters. The summed E-state index contributed by atoms with van der Waals surface area (Å²) in [5.74, 6) is 0. The molecule has 0 aliphatic rings. The third-order valence-electron chi connectivity index (χ3n) is 2.89. The van der Waals surface area contributed by atoms with E-state index in [-0.39, 0.29) is 0 Å². The van der Waals surface area contributed by atoms with Gasteiger partial charge in [-0.1, -0.05) is 34.1 Å². The molecule has 1 aromatic heterocycles. The highest BCUT2D eigenvalue weighted by Crippen LogP contribution is 2.25. The van der Waals surface area contributed by atoms with Crippen LogP contribution in [-0.2, 0) is 6.54 Å². The van der Waals surface area contributed by atoms with Crippen LogP contribution >= 0.6 is 27.3 Å². The second kappa shape index (κ2) is 5.12. The van der Waals surface area contributed by atoms with E-state index in [1.165, 1.54) is 15.6 Å². The molecule has 0 saturated carbocycles. The molecule has 2 aromatic carbocycles. The van der Waals surface area contributed by atoms with E-state index in [1.807, 2.05) is 6.07 Å². The quantitative estimate of drug-likeness (QED) is 0.693. The van der Waals surface area contributed by atoms with Gasteiger partial charge >= 0.3 is 0 Å². The Bertz CT molecular complexity index is 675. The van der Waals surface area contributed by atoms with Crippen molar-refractivity contribution >= 4 is 43.0 Å². The highest BCUT2D eigenvalue weighted by Gasteiger charge is 2.00. The first-order chi connectivity index (χ1) is 8.83. The lowest BCUT2D eigenvalue weighted by molar-refractivity contribution is 1.14. The van der Waals surface area contributed by atoms with Crippen LogP contribution in [-0.4, -0.2) is 0 Å². The van der Waals surface area contributed by atoms with Crippen molar-refractivity contribution in [2.45, 2.75) is 6.54 Å². The van der Waals surface area contributed by atoms with Crippen LogP contribution in [0.2, 0.25) is 0 Å². The third kappa shape index (κ3) is 2.42. The maximum atomic E-state index is 3.57. The van der Waals surface area contributed by atoms with Gasteiger partial charge in [-0.3, -0.25) is 0 Å². The van der Waals surface area contributed by atoms with Crippen LogP contribution in [0, 0.1) is 0 Å². The molecule has 0 radical (unpaired) electrons. The van der Waals surface area contributed by atoms with Crippen molar-refractivity contribution in [2.75, 3.05) is 5.32 Å². The first-order valence-electron chi connectivity index (χ1n) is 5.77. The van der Waals surface area contributed by atoms with Gasteiger partial charge in [0.1, 0.15) is 0 Å². The van der Waals surface area contributed by atoms with Crippen molar-refractivity contribution in [3.05, 3.63) is 63.9 Å². The first kappa shape index (κ1) is 11.8. The Morgan fingerprint density at radius 1 is 1.06 bits per heavy atom. The standard InChI is InChI=1S/C15H12BrNS/c16-14-4-2-1-3-12(14)10-17-13-5-6-15-11(9-13)7-8-18-15/h1-9,17H,10H2. The zero-order chi connectivity index (χ0) is 12.4. The molecule has 1 heterocycles. The van der Waals surface area contributed by atoms with Crippen molar-refractivity contribution in [1.29, 1.82) is 0 Å². The Kier molecular flexibility index (Phi) is 3.35. The summed E-state index contributed by atoms with van der Waals surface area (Å²) in [6, 6.07) is 16.9. The molecule has 18 heavy (non-hydrogen) atoms. The highest BCUT2D eigenvalue weighted by molar-refractivity contribution is 9.10. The minimum atomic E-state index is 0.830. The zero-order valence-electron chi connectivity index (χ0n) is 9.69. The van der Waals surface area contributed by atoms with Gasteiger partial charge in [0.2, 0.25) is 0 Å². The van der Waals surface area contributed by atoms with Gasteiger partial charge in [-0.2, -0.15) is 0 Å². The number of fused-ring (bicyclic) bond motifs is 1. The number of halogens is 1. The number of anilines is 1. The molecule has 0 atom stereocenters. The normalized spacial score (nSPS) is 10.7. The van der Waals surface area contributed by atoms with Gasteiger partial charge in [-0.25, -0.2) is 0 Å². The van der Waals surface area contributed by atoms with Crippen LogP contribution in [0.1, 0.15) is 5.56 Å². The number of nitrogens with one attached hydrogen (secondary N) is 1. The van der Waals surface area contributed by atoms with Gasteiger partial charge in [-0.15, -0.1) is 11.3 Å². The molecule has 0 aliphatic carbocycles. The van der Waals surface area contributed by atoms with Gasteiger partial charge < -0.3 is 5.32 Å². The molecule has 3 aromatic rings. The monoisotopic (exact) mass is 317 g/mol. The van der Waals surface area contributed by atoms with E-state index in [1.54, 1.807) is 11.3 Å². The van der Waals surface area contributed by atoms with Crippen molar-refractivity contribution in [3.63, 3.8) is 0 Å². The van der Waals surface area contributed by atoms with E-state index in [9.17, 15) is 0 Å². The van der Waals surface area contributed by atoms with Gasteiger partial charge in [-0.05, 0) is 46.7 Å². The van der Waals surface area contributed by atoms with Gasteiger partial charge in [0, 0.05) is 21.4 Å². The number of rotatable bonds is 3. The fourth-order valence-corrected chi connectivity index (χ4v) is 3.11. The Balaban J connectivity index is 1.78. The second-order valence-electron chi connectivity index (χ2n) is 4.12. The molecule has 0 fully saturated rings. The lowest BCUT2D eigenvalue weighted by atomic mass is 10.2. The first-order valence-corrected chi connectivity index (χ1v) is 7.45. The molecule has 0 aliphatic heterocycles. The molecule has 3 rings (SSSR count). The smallest absolute Gasteiger partial charge is 0.0411 e. The molecule has 1 N–H and O–H groups in total. The fourth-order valence-electron chi connectivity index (χ4n) is 1.92. The Morgan fingerprint density at radius 3 is 2.83 bits per heavy atom. The summed E-state index contributed by atoms with van der Waals surface area (Å²) in [7, 11) is 0. The van der Waals surface area contributed by atoms with E-state index in [0.29, 0.717) is 0 Å². The van der Waals surface area contributed by atoms with E-state index in [2.05, 4.69) is 69.1 Å². The number of hydrogen-bond acceptors (Lipinski definition) is 2.